The Labute approximate surface area is 105 Å². The highest BCUT2D eigenvalue weighted by Gasteiger charge is 2.13. The number of carbonyl (C=O) groups excluding carboxylic acids is 1. The third-order valence-electron chi connectivity index (χ3n) is 2.70. The van der Waals surface area contributed by atoms with Gasteiger partial charge in [-0.25, -0.2) is 0 Å². The fourth-order valence-corrected chi connectivity index (χ4v) is 1.88. The summed E-state index contributed by atoms with van der Waals surface area (Å²) >= 11 is 3.40. The number of hydrogen-bond acceptors (Lipinski definition) is 2. The number of methoxy groups -OCH3 is 1. The van der Waals surface area contributed by atoms with Crippen LogP contribution in [0.5, 0.6) is 5.75 Å². The molecule has 0 aliphatic heterocycles. The third-order valence-corrected chi connectivity index (χ3v) is 3.40. The van der Waals surface area contributed by atoms with Crippen LogP contribution in [0, 0.1) is 5.92 Å². The minimum absolute atomic E-state index is 0.167. The highest BCUT2D eigenvalue weighted by atomic mass is 79.9. The van der Waals surface area contributed by atoms with Crippen LogP contribution in [0.4, 0.5) is 0 Å². The molecule has 0 aliphatic carbocycles. The average molecular weight is 285 g/mol. The van der Waals surface area contributed by atoms with Gasteiger partial charge < -0.3 is 4.74 Å². The number of hydrogen-bond donors (Lipinski definition) is 0. The van der Waals surface area contributed by atoms with Gasteiger partial charge >= 0.3 is 0 Å². The molecule has 0 heterocycles. The zero-order valence-corrected chi connectivity index (χ0v) is 11.5. The van der Waals surface area contributed by atoms with Gasteiger partial charge in [-0.3, -0.25) is 4.79 Å². The Morgan fingerprint density at radius 1 is 1.50 bits per heavy atom. The van der Waals surface area contributed by atoms with Gasteiger partial charge in [-0.2, -0.15) is 0 Å². The van der Waals surface area contributed by atoms with Crippen molar-refractivity contribution in [3.8, 4) is 5.75 Å². The predicted octanol–water partition coefficient (Wildman–Crippen LogP) is 4.08. The molecule has 0 bridgehead atoms. The van der Waals surface area contributed by atoms with Crippen LogP contribution in [0.2, 0.25) is 0 Å². The number of carbonyl (C=O) groups is 1. The lowest BCUT2D eigenvalue weighted by atomic mass is 9.98. The largest absolute Gasteiger partial charge is 0.497 e. The van der Waals surface area contributed by atoms with Crippen LogP contribution in [-0.4, -0.2) is 12.9 Å². The number of ether oxygens (including phenoxy) is 1. The van der Waals surface area contributed by atoms with Crippen LogP contribution in [0.3, 0.4) is 0 Å². The van der Waals surface area contributed by atoms with Crippen molar-refractivity contribution in [2.75, 3.05) is 7.11 Å². The van der Waals surface area contributed by atoms with Gasteiger partial charge in [0.25, 0.3) is 0 Å². The Morgan fingerprint density at radius 2 is 2.19 bits per heavy atom. The molecule has 2 nitrogen and oxygen atoms in total. The van der Waals surface area contributed by atoms with E-state index in [1.165, 1.54) is 0 Å². The van der Waals surface area contributed by atoms with E-state index in [1.807, 2.05) is 12.1 Å². The predicted molar refractivity (Wildman–Crippen MR) is 69.1 cm³/mol. The van der Waals surface area contributed by atoms with E-state index in [0.29, 0.717) is 17.9 Å². The number of Topliss-reactive ketones (excluding diaryl/α,β-unsaturated/α-hetero) is 1. The lowest BCUT2D eigenvalue weighted by Gasteiger charge is -2.09. The second kappa shape index (κ2) is 6.04. The Hall–Kier alpha value is -0.830. The summed E-state index contributed by atoms with van der Waals surface area (Å²) in [7, 11) is 1.60. The minimum atomic E-state index is 0.167. The van der Waals surface area contributed by atoms with Gasteiger partial charge in [0.1, 0.15) is 5.75 Å². The maximum Gasteiger partial charge on any atom is 0.164 e. The lowest BCUT2D eigenvalue weighted by Crippen LogP contribution is -2.06. The second-order valence-electron chi connectivity index (χ2n) is 3.99. The van der Waals surface area contributed by atoms with E-state index in [0.717, 1.165) is 16.6 Å². The zero-order valence-electron chi connectivity index (χ0n) is 9.92. The molecule has 1 rings (SSSR count). The molecule has 88 valence electrons. The van der Waals surface area contributed by atoms with Gasteiger partial charge in [0.05, 0.1) is 7.11 Å². The van der Waals surface area contributed by atoms with Gasteiger partial charge in [-0.05, 0) is 24.1 Å². The first-order valence-electron chi connectivity index (χ1n) is 5.45. The number of benzene rings is 1. The first-order valence-corrected chi connectivity index (χ1v) is 6.24. The molecule has 0 fully saturated rings. The maximum atomic E-state index is 12.0. The Balaban J connectivity index is 2.89. The van der Waals surface area contributed by atoms with Crippen LogP contribution in [0.1, 0.15) is 37.0 Å². The maximum absolute atomic E-state index is 12.0. The summed E-state index contributed by atoms with van der Waals surface area (Å²) in [5, 5.41) is 0. The van der Waals surface area contributed by atoms with E-state index < -0.39 is 0 Å². The fourth-order valence-electron chi connectivity index (χ4n) is 1.42. The summed E-state index contributed by atoms with van der Waals surface area (Å²) in [5.41, 5.74) is 0.708. The van der Waals surface area contributed by atoms with E-state index in [9.17, 15) is 4.79 Å². The molecular formula is C13H17BrO2. The van der Waals surface area contributed by atoms with Crippen molar-refractivity contribution in [2.45, 2.75) is 26.7 Å². The third kappa shape index (κ3) is 3.34. The van der Waals surface area contributed by atoms with E-state index in [2.05, 4.69) is 29.8 Å². The molecule has 0 saturated heterocycles. The summed E-state index contributed by atoms with van der Waals surface area (Å²) < 4.78 is 5.95. The van der Waals surface area contributed by atoms with Gasteiger partial charge in [-0.1, -0.05) is 36.2 Å². The van der Waals surface area contributed by atoms with Crippen molar-refractivity contribution >= 4 is 21.7 Å². The normalized spacial score (nSPS) is 12.2. The van der Waals surface area contributed by atoms with Crippen molar-refractivity contribution < 1.29 is 9.53 Å². The molecule has 0 N–H and O–H groups in total. The Morgan fingerprint density at radius 3 is 2.75 bits per heavy atom. The van der Waals surface area contributed by atoms with Crippen molar-refractivity contribution in [3.63, 3.8) is 0 Å². The smallest absolute Gasteiger partial charge is 0.164 e. The highest BCUT2D eigenvalue weighted by molar-refractivity contribution is 9.10. The average Bonchev–Trinajstić information content (AvgIpc) is 2.29. The number of rotatable bonds is 5. The molecule has 1 aromatic rings. The molecule has 1 unspecified atom stereocenters. The van der Waals surface area contributed by atoms with Crippen molar-refractivity contribution in [1.29, 1.82) is 0 Å². The van der Waals surface area contributed by atoms with E-state index in [1.54, 1.807) is 13.2 Å². The fraction of sp³-hybridized carbons (Fsp3) is 0.462. The van der Waals surface area contributed by atoms with Crippen LogP contribution >= 0.6 is 15.9 Å². The first-order chi connectivity index (χ1) is 7.58. The standard InChI is InChI=1S/C13H17BrO2/c1-4-9(2)7-13(15)11-8-10(16-3)5-6-12(11)14/h5-6,8-9H,4,7H2,1-3H3. The van der Waals surface area contributed by atoms with Crippen molar-refractivity contribution in [2.24, 2.45) is 5.92 Å². The molecule has 3 heteroatoms. The van der Waals surface area contributed by atoms with Crippen LogP contribution in [-0.2, 0) is 0 Å². The molecule has 0 saturated carbocycles. The molecule has 0 aliphatic rings. The first kappa shape index (κ1) is 13.2. The molecule has 1 aromatic carbocycles. The van der Waals surface area contributed by atoms with Gasteiger partial charge in [-0.15, -0.1) is 0 Å². The number of halogens is 1. The number of ketones is 1. The van der Waals surface area contributed by atoms with Crippen LogP contribution < -0.4 is 4.74 Å². The molecule has 16 heavy (non-hydrogen) atoms. The SMILES string of the molecule is CCC(C)CC(=O)c1cc(OC)ccc1Br. The van der Waals surface area contributed by atoms with Crippen molar-refractivity contribution in [3.05, 3.63) is 28.2 Å². The highest BCUT2D eigenvalue weighted by Crippen LogP contribution is 2.25. The Kier molecular flexibility index (Phi) is 5.00. The molecule has 0 amide bonds. The van der Waals surface area contributed by atoms with E-state index >= 15 is 0 Å². The van der Waals surface area contributed by atoms with Crippen LogP contribution in [0.25, 0.3) is 0 Å². The summed E-state index contributed by atoms with van der Waals surface area (Å²) in [5.74, 6) is 1.31. The molecule has 1 atom stereocenters. The quantitative estimate of drug-likeness (QED) is 0.762. The Bertz CT molecular complexity index is 374. The minimum Gasteiger partial charge on any atom is -0.497 e. The van der Waals surface area contributed by atoms with Crippen molar-refractivity contribution in [1.82, 2.24) is 0 Å². The molecular weight excluding hydrogens is 268 g/mol. The second-order valence-corrected chi connectivity index (χ2v) is 4.84. The topological polar surface area (TPSA) is 26.3 Å². The molecule has 0 spiro atoms. The van der Waals surface area contributed by atoms with Gasteiger partial charge in [0, 0.05) is 16.5 Å². The van der Waals surface area contributed by atoms with E-state index in [-0.39, 0.29) is 5.78 Å². The summed E-state index contributed by atoms with van der Waals surface area (Å²) in [6.45, 7) is 4.19. The molecule has 0 aromatic heterocycles. The summed E-state index contributed by atoms with van der Waals surface area (Å²) in [6, 6.07) is 5.47. The van der Waals surface area contributed by atoms with E-state index in [4.69, 9.17) is 4.74 Å². The monoisotopic (exact) mass is 284 g/mol. The lowest BCUT2D eigenvalue weighted by molar-refractivity contribution is 0.0962. The van der Waals surface area contributed by atoms with Gasteiger partial charge in [0.2, 0.25) is 0 Å². The summed E-state index contributed by atoms with van der Waals surface area (Å²) in [6.07, 6.45) is 1.61. The van der Waals surface area contributed by atoms with Crippen LogP contribution in [0.15, 0.2) is 22.7 Å². The zero-order chi connectivity index (χ0) is 12.1. The molecule has 0 radical (unpaired) electrons. The van der Waals surface area contributed by atoms with Gasteiger partial charge in [0.15, 0.2) is 5.78 Å². The summed E-state index contributed by atoms with van der Waals surface area (Å²) in [4.78, 5) is 12.0.